The third-order valence-electron chi connectivity index (χ3n) is 4.45. The molecule has 0 nitrogen and oxygen atoms in total. The Labute approximate surface area is 183 Å². The second-order valence-electron chi connectivity index (χ2n) is 6.46. The van der Waals surface area contributed by atoms with E-state index in [-0.39, 0.29) is 0 Å². The molecule has 4 heterocycles. The summed E-state index contributed by atoms with van der Waals surface area (Å²) in [4.78, 5) is 9.79. The molecule has 27 heavy (non-hydrogen) atoms. The van der Waals surface area contributed by atoms with Gasteiger partial charge in [0.25, 0.3) is 0 Å². The van der Waals surface area contributed by atoms with Gasteiger partial charge in [0.1, 0.15) is 0 Å². The van der Waals surface area contributed by atoms with Gasteiger partial charge < -0.3 is 0 Å². The summed E-state index contributed by atoms with van der Waals surface area (Å²) >= 11 is 11.9. The van der Waals surface area contributed by atoms with Gasteiger partial charge >= 0.3 is 0 Å². The van der Waals surface area contributed by atoms with E-state index < -0.39 is 0 Å². The van der Waals surface area contributed by atoms with Crippen LogP contribution in [0, 0.1) is 0 Å². The van der Waals surface area contributed by atoms with Gasteiger partial charge in [-0.3, -0.25) is 0 Å². The molecule has 0 radical (unpaired) electrons. The fourth-order valence-electron chi connectivity index (χ4n) is 3.03. The van der Waals surface area contributed by atoms with Gasteiger partial charge in [-0.2, -0.15) is 12.6 Å². The molecule has 4 aromatic heterocycles. The first-order valence-corrected chi connectivity index (χ1v) is 13.2. The molecule has 0 N–H and O–H groups in total. The lowest BCUT2D eigenvalue weighted by Gasteiger charge is -1.98. The van der Waals surface area contributed by atoms with Gasteiger partial charge in [0, 0.05) is 34.1 Å². The highest BCUT2D eigenvalue weighted by molar-refractivity contribution is 7.80. The maximum atomic E-state index is 4.29. The van der Waals surface area contributed by atoms with Crippen molar-refractivity contribution < 1.29 is 0 Å². The smallest absolute Gasteiger partial charge is 0.0449 e. The Bertz CT molecular complexity index is 955. The maximum Gasteiger partial charge on any atom is 0.0449 e. The van der Waals surface area contributed by atoms with E-state index in [9.17, 15) is 0 Å². The molecule has 0 aliphatic carbocycles. The number of thiophene rings is 4. The molecule has 0 saturated carbocycles. The van der Waals surface area contributed by atoms with E-state index in [0.29, 0.717) is 0 Å². The van der Waals surface area contributed by atoms with Gasteiger partial charge in [-0.25, -0.2) is 0 Å². The summed E-state index contributed by atoms with van der Waals surface area (Å²) in [6.07, 6.45) is 6.38. The van der Waals surface area contributed by atoms with E-state index in [1.807, 2.05) is 45.3 Å². The second-order valence-corrected chi connectivity index (χ2v) is 11.2. The van der Waals surface area contributed by atoms with Gasteiger partial charge in [0.15, 0.2) is 0 Å². The summed E-state index contributed by atoms with van der Waals surface area (Å²) in [5, 5.41) is 2.15. The van der Waals surface area contributed by atoms with Crippen molar-refractivity contribution in [2.75, 3.05) is 5.75 Å². The first-order chi connectivity index (χ1) is 13.3. The molecule has 0 spiro atoms. The van der Waals surface area contributed by atoms with Crippen LogP contribution in [0.2, 0.25) is 0 Å². The van der Waals surface area contributed by atoms with Crippen molar-refractivity contribution in [3.05, 3.63) is 58.8 Å². The molecule has 0 aliphatic heterocycles. The summed E-state index contributed by atoms with van der Waals surface area (Å²) < 4.78 is 0. The summed E-state index contributed by atoms with van der Waals surface area (Å²) in [6.45, 7) is 0. The van der Waals surface area contributed by atoms with Gasteiger partial charge in [0.05, 0.1) is 0 Å². The van der Waals surface area contributed by atoms with Crippen LogP contribution in [0.1, 0.15) is 30.6 Å². The number of unbranched alkanes of at least 4 members (excludes halogenated alkanes) is 3. The number of hydrogen-bond acceptors (Lipinski definition) is 5. The normalized spacial score (nSPS) is 11.3. The highest BCUT2D eigenvalue weighted by atomic mass is 32.1. The number of thiol groups is 1. The van der Waals surface area contributed by atoms with Crippen molar-refractivity contribution in [2.45, 2.75) is 32.1 Å². The standard InChI is InChI=1S/C22H22S5/c23-14-4-2-1-3-6-16-8-9-19(25-16)20-12-13-22(27-20)21-11-10-18(26-21)17-7-5-15-24-17/h5,7-13,15,23H,1-4,6,14H2. The largest absolute Gasteiger partial charge is 0.179 e. The van der Waals surface area contributed by atoms with Crippen LogP contribution in [0.15, 0.2) is 53.9 Å². The van der Waals surface area contributed by atoms with E-state index in [4.69, 9.17) is 0 Å². The third kappa shape index (κ3) is 4.96. The molecule has 0 aromatic carbocycles. The molecule has 4 aromatic rings. The molecule has 5 heteroatoms. The Hall–Kier alpha value is -0.850. The predicted octanol–water partition coefficient (Wildman–Crippen LogP) is 8.97. The SMILES string of the molecule is SCCCCCCc1ccc(-c2ccc(-c3ccc(-c4cccs4)s3)s2)s1. The molecule has 0 bridgehead atoms. The van der Waals surface area contributed by atoms with Crippen molar-refractivity contribution in [1.82, 2.24) is 0 Å². The minimum atomic E-state index is 1.02. The topological polar surface area (TPSA) is 0 Å². The molecule has 0 saturated heterocycles. The lowest BCUT2D eigenvalue weighted by atomic mass is 10.1. The zero-order valence-corrected chi connectivity index (χ0v) is 19.2. The van der Waals surface area contributed by atoms with Crippen molar-refractivity contribution >= 4 is 58.0 Å². The van der Waals surface area contributed by atoms with Crippen LogP contribution < -0.4 is 0 Å². The third-order valence-corrected chi connectivity index (χ3v) is 9.54. The highest BCUT2D eigenvalue weighted by Crippen LogP contribution is 2.42. The van der Waals surface area contributed by atoms with Gasteiger partial charge in [-0.1, -0.05) is 18.9 Å². The molecule has 0 atom stereocenters. The Balaban J connectivity index is 1.41. The minimum Gasteiger partial charge on any atom is -0.179 e. The van der Waals surface area contributed by atoms with Gasteiger partial charge in [-0.05, 0) is 72.9 Å². The highest BCUT2D eigenvalue weighted by Gasteiger charge is 2.10. The zero-order chi connectivity index (χ0) is 18.5. The van der Waals surface area contributed by atoms with E-state index in [1.54, 1.807) is 0 Å². The first kappa shape index (κ1) is 19.5. The molecule has 0 unspecified atom stereocenters. The van der Waals surface area contributed by atoms with Gasteiger partial charge in [-0.15, -0.1) is 45.3 Å². The molecule has 4 rings (SSSR count). The summed E-state index contributed by atoms with van der Waals surface area (Å²) in [5.41, 5.74) is 0. The van der Waals surface area contributed by atoms with E-state index >= 15 is 0 Å². The predicted molar refractivity (Wildman–Crippen MR) is 130 cm³/mol. The summed E-state index contributed by atoms with van der Waals surface area (Å²) in [6, 6.07) is 18.0. The van der Waals surface area contributed by atoms with Crippen LogP contribution in [-0.2, 0) is 6.42 Å². The van der Waals surface area contributed by atoms with Gasteiger partial charge in [0.2, 0.25) is 0 Å². The zero-order valence-electron chi connectivity index (χ0n) is 15.0. The average Bonchev–Trinajstić information content (AvgIpc) is 3.48. The quantitative estimate of drug-likeness (QED) is 0.192. The van der Waals surface area contributed by atoms with Crippen molar-refractivity contribution in [3.8, 4) is 29.3 Å². The van der Waals surface area contributed by atoms with Crippen molar-refractivity contribution in [3.63, 3.8) is 0 Å². The van der Waals surface area contributed by atoms with E-state index in [1.165, 1.54) is 66.2 Å². The van der Waals surface area contributed by atoms with Crippen LogP contribution in [0.5, 0.6) is 0 Å². The second kappa shape index (κ2) is 9.57. The van der Waals surface area contributed by atoms with Crippen LogP contribution in [0.4, 0.5) is 0 Å². The van der Waals surface area contributed by atoms with Crippen LogP contribution >= 0.6 is 58.0 Å². The van der Waals surface area contributed by atoms with E-state index in [2.05, 4.69) is 66.5 Å². The Morgan fingerprint density at radius 3 is 1.81 bits per heavy atom. The minimum absolute atomic E-state index is 1.02. The molecule has 0 fully saturated rings. The van der Waals surface area contributed by atoms with Crippen LogP contribution in [0.3, 0.4) is 0 Å². The lowest BCUT2D eigenvalue weighted by molar-refractivity contribution is 0.674. The van der Waals surface area contributed by atoms with E-state index in [0.717, 1.165) is 5.75 Å². The molecule has 0 aliphatic rings. The molecule has 0 amide bonds. The lowest BCUT2D eigenvalue weighted by Crippen LogP contribution is -1.82. The summed E-state index contributed by atoms with van der Waals surface area (Å²) in [5.74, 6) is 1.02. The number of rotatable bonds is 9. The Kier molecular flexibility index (Phi) is 6.90. The van der Waals surface area contributed by atoms with Crippen molar-refractivity contribution in [1.29, 1.82) is 0 Å². The fraction of sp³-hybridized carbons (Fsp3) is 0.273. The number of hydrogen-bond donors (Lipinski definition) is 1. The first-order valence-electron chi connectivity index (χ1n) is 9.27. The molecule has 140 valence electrons. The van der Waals surface area contributed by atoms with Crippen LogP contribution in [-0.4, -0.2) is 5.75 Å². The average molecular weight is 447 g/mol. The summed E-state index contributed by atoms with van der Waals surface area (Å²) in [7, 11) is 0. The number of aryl methyl sites for hydroxylation is 1. The Morgan fingerprint density at radius 2 is 1.19 bits per heavy atom. The van der Waals surface area contributed by atoms with Crippen LogP contribution in [0.25, 0.3) is 29.3 Å². The fourth-order valence-corrected chi connectivity index (χ4v) is 7.33. The Morgan fingerprint density at radius 1 is 0.593 bits per heavy atom. The van der Waals surface area contributed by atoms with Crippen molar-refractivity contribution in [2.24, 2.45) is 0 Å². The monoisotopic (exact) mass is 446 g/mol. The molecular formula is C22H22S5. The molecular weight excluding hydrogens is 425 g/mol. The maximum absolute atomic E-state index is 4.29.